The highest BCUT2D eigenvalue weighted by Crippen LogP contribution is 2.28. The van der Waals surface area contributed by atoms with Crippen LogP contribution in [-0.2, 0) is 4.79 Å². The van der Waals surface area contributed by atoms with Crippen molar-refractivity contribution in [3.8, 4) is 0 Å². The first-order chi connectivity index (χ1) is 5.11. The van der Waals surface area contributed by atoms with Gasteiger partial charge in [0.25, 0.3) is 0 Å². The van der Waals surface area contributed by atoms with E-state index in [9.17, 15) is 4.79 Å². The number of nitrogens with two attached hydrogens (primary N) is 1. The lowest BCUT2D eigenvalue weighted by Crippen LogP contribution is -2.35. The van der Waals surface area contributed by atoms with Gasteiger partial charge in [0.1, 0.15) is 0 Å². The van der Waals surface area contributed by atoms with Crippen LogP contribution in [0, 0.1) is 11.8 Å². The van der Waals surface area contributed by atoms with Crippen molar-refractivity contribution >= 4 is 5.97 Å². The quantitative estimate of drug-likeness (QED) is 0.592. The number of hydrogen-bond acceptors (Lipinski definition) is 2. The third-order valence-corrected chi connectivity index (χ3v) is 2.53. The summed E-state index contributed by atoms with van der Waals surface area (Å²) in [5, 5.41) is 8.75. The van der Waals surface area contributed by atoms with E-state index in [2.05, 4.69) is 0 Å². The van der Waals surface area contributed by atoms with E-state index in [1.807, 2.05) is 6.92 Å². The molecule has 0 radical (unpaired) electrons. The summed E-state index contributed by atoms with van der Waals surface area (Å²) in [6.45, 7) is 1.97. The van der Waals surface area contributed by atoms with Crippen molar-refractivity contribution in [1.82, 2.24) is 0 Å². The van der Waals surface area contributed by atoms with Crippen LogP contribution in [-0.4, -0.2) is 17.1 Å². The minimum atomic E-state index is -0.663. The lowest BCUT2D eigenvalue weighted by atomic mass is 9.78. The molecule has 3 N–H and O–H groups in total. The van der Waals surface area contributed by atoms with Crippen LogP contribution in [0.3, 0.4) is 0 Å². The Hall–Kier alpha value is -0.570. The second-order valence-corrected chi connectivity index (χ2v) is 3.50. The molecule has 64 valence electrons. The normalized spacial score (nSPS) is 38.5. The summed E-state index contributed by atoms with van der Waals surface area (Å²) in [6, 6.07) is 0.223. The molecule has 1 saturated carbocycles. The van der Waals surface area contributed by atoms with Gasteiger partial charge in [0, 0.05) is 6.04 Å². The predicted molar refractivity (Wildman–Crippen MR) is 42.1 cm³/mol. The maximum atomic E-state index is 10.6. The summed E-state index contributed by atoms with van der Waals surface area (Å²) in [6.07, 6.45) is 2.47. The predicted octanol–water partition coefficient (Wildman–Crippen LogP) is 0.834. The number of carboxylic acid groups (broad SMARTS) is 1. The lowest BCUT2D eigenvalue weighted by Gasteiger charge is -2.29. The van der Waals surface area contributed by atoms with Crippen LogP contribution >= 0.6 is 0 Å². The average Bonchev–Trinajstić information content (AvgIpc) is 1.85. The molecule has 1 rings (SSSR count). The number of hydrogen-bond donors (Lipinski definition) is 2. The lowest BCUT2D eigenvalue weighted by molar-refractivity contribution is -0.144. The Morgan fingerprint density at radius 1 is 1.55 bits per heavy atom. The molecule has 1 fully saturated rings. The van der Waals surface area contributed by atoms with Crippen molar-refractivity contribution in [1.29, 1.82) is 0 Å². The van der Waals surface area contributed by atoms with Gasteiger partial charge in [-0.25, -0.2) is 0 Å². The monoisotopic (exact) mass is 157 g/mol. The van der Waals surface area contributed by atoms with Crippen molar-refractivity contribution in [2.45, 2.75) is 32.2 Å². The van der Waals surface area contributed by atoms with Crippen LogP contribution in [0.25, 0.3) is 0 Å². The Kier molecular flexibility index (Phi) is 2.49. The second kappa shape index (κ2) is 3.22. The molecule has 0 spiro atoms. The minimum Gasteiger partial charge on any atom is -0.481 e. The van der Waals surface area contributed by atoms with E-state index >= 15 is 0 Å². The van der Waals surface area contributed by atoms with Crippen molar-refractivity contribution in [3.05, 3.63) is 0 Å². The molecular formula is C8H15NO2. The van der Waals surface area contributed by atoms with Gasteiger partial charge < -0.3 is 10.8 Å². The maximum Gasteiger partial charge on any atom is 0.306 e. The zero-order valence-electron chi connectivity index (χ0n) is 6.79. The van der Waals surface area contributed by atoms with Gasteiger partial charge in [-0.05, 0) is 25.2 Å². The first kappa shape index (κ1) is 8.53. The van der Waals surface area contributed by atoms with Gasteiger partial charge in [-0.3, -0.25) is 4.79 Å². The molecule has 11 heavy (non-hydrogen) atoms. The zero-order chi connectivity index (χ0) is 8.43. The van der Waals surface area contributed by atoms with Gasteiger partial charge in [-0.2, -0.15) is 0 Å². The Labute approximate surface area is 66.6 Å². The molecule has 3 atom stereocenters. The largest absolute Gasteiger partial charge is 0.481 e. The van der Waals surface area contributed by atoms with Crippen LogP contribution in [0.2, 0.25) is 0 Å². The highest BCUT2D eigenvalue weighted by atomic mass is 16.4. The first-order valence-corrected chi connectivity index (χ1v) is 4.09. The molecule has 0 saturated heterocycles. The molecule has 3 nitrogen and oxygen atoms in total. The molecule has 0 aromatic heterocycles. The van der Waals surface area contributed by atoms with Gasteiger partial charge >= 0.3 is 5.97 Å². The third kappa shape index (κ3) is 1.93. The highest BCUT2D eigenvalue weighted by molar-refractivity contribution is 5.70. The third-order valence-electron chi connectivity index (χ3n) is 2.53. The molecule has 0 aromatic rings. The van der Waals surface area contributed by atoms with Crippen molar-refractivity contribution in [3.63, 3.8) is 0 Å². The SMILES string of the molecule is C[C@H]1C[C@@H](N)CC[C@@H]1C(=O)O. The van der Waals surface area contributed by atoms with Gasteiger partial charge in [0.2, 0.25) is 0 Å². The van der Waals surface area contributed by atoms with Crippen LogP contribution < -0.4 is 5.73 Å². The summed E-state index contributed by atoms with van der Waals surface area (Å²) in [7, 11) is 0. The molecule has 0 aliphatic heterocycles. The Morgan fingerprint density at radius 3 is 2.64 bits per heavy atom. The topological polar surface area (TPSA) is 63.3 Å². The van der Waals surface area contributed by atoms with E-state index in [0.717, 1.165) is 19.3 Å². The average molecular weight is 157 g/mol. The maximum absolute atomic E-state index is 10.6. The van der Waals surface area contributed by atoms with Crippen LogP contribution in [0.15, 0.2) is 0 Å². The standard InChI is InChI=1S/C8H15NO2/c1-5-4-6(9)2-3-7(5)8(10)11/h5-7H,2-4,9H2,1H3,(H,10,11)/t5-,6-,7-/m0/s1. The van der Waals surface area contributed by atoms with E-state index < -0.39 is 5.97 Å². The number of carboxylic acids is 1. The molecule has 1 aliphatic carbocycles. The van der Waals surface area contributed by atoms with Gasteiger partial charge in [-0.1, -0.05) is 6.92 Å². The summed E-state index contributed by atoms with van der Waals surface area (Å²) >= 11 is 0. The Balaban J connectivity index is 2.50. The fourth-order valence-corrected chi connectivity index (χ4v) is 1.80. The second-order valence-electron chi connectivity index (χ2n) is 3.50. The minimum absolute atomic E-state index is 0.158. The molecular weight excluding hydrogens is 142 g/mol. The van der Waals surface area contributed by atoms with E-state index in [1.165, 1.54) is 0 Å². The fraction of sp³-hybridized carbons (Fsp3) is 0.875. The van der Waals surface area contributed by atoms with Crippen LogP contribution in [0.5, 0.6) is 0 Å². The smallest absolute Gasteiger partial charge is 0.306 e. The number of carbonyl (C=O) groups is 1. The van der Waals surface area contributed by atoms with E-state index in [0.29, 0.717) is 0 Å². The fourth-order valence-electron chi connectivity index (χ4n) is 1.80. The summed E-state index contributed by atoms with van der Waals surface area (Å²) in [4.78, 5) is 10.6. The number of aliphatic carboxylic acids is 1. The van der Waals surface area contributed by atoms with Gasteiger partial charge in [-0.15, -0.1) is 0 Å². The molecule has 0 amide bonds. The molecule has 0 bridgehead atoms. The summed E-state index contributed by atoms with van der Waals surface area (Å²) in [5.74, 6) is -0.574. The summed E-state index contributed by atoms with van der Waals surface area (Å²) < 4.78 is 0. The van der Waals surface area contributed by atoms with Crippen LogP contribution in [0.1, 0.15) is 26.2 Å². The van der Waals surface area contributed by atoms with Crippen molar-refractivity contribution in [2.24, 2.45) is 17.6 Å². The Bertz CT molecular complexity index is 158. The van der Waals surface area contributed by atoms with Crippen molar-refractivity contribution in [2.75, 3.05) is 0 Å². The summed E-state index contributed by atoms with van der Waals surface area (Å²) in [5.41, 5.74) is 5.69. The Morgan fingerprint density at radius 2 is 2.18 bits per heavy atom. The van der Waals surface area contributed by atoms with Gasteiger partial charge in [0.05, 0.1) is 5.92 Å². The van der Waals surface area contributed by atoms with E-state index in [-0.39, 0.29) is 17.9 Å². The van der Waals surface area contributed by atoms with E-state index in [4.69, 9.17) is 10.8 Å². The molecule has 1 aliphatic rings. The molecule has 0 aromatic carbocycles. The highest BCUT2D eigenvalue weighted by Gasteiger charge is 2.30. The first-order valence-electron chi connectivity index (χ1n) is 4.09. The molecule has 3 heteroatoms. The van der Waals surface area contributed by atoms with Gasteiger partial charge in [0.15, 0.2) is 0 Å². The zero-order valence-corrected chi connectivity index (χ0v) is 6.79. The van der Waals surface area contributed by atoms with E-state index in [1.54, 1.807) is 0 Å². The molecule has 0 heterocycles. The molecule has 0 unspecified atom stereocenters. The van der Waals surface area contributed by atoms with Crippen molar-refractivity contribution < 1.29 is 9.90 Å². The number of rotatable bonds is 1. The van der Waals surface area contributed by atoms with Crippen LogP contribution in [0.4, 0.5) is 0 Å².